The second-order valence-corrected chi connectivity index (χ2v) is 4.45. The number of nitrogens with zero attached hydrogens (tertiary/aromatic N) is 2. The number of methoxy groups -OCH3 is 1. The average molecular weight is 326 g/mol. The van der Waals surface area contributed by atoms with Gasteiger partial charge in [0.15, 0.2) is 5.69 Å². The van der Waals surface area contributed by atoms with E-state index in [1.165, 1.54) is 25.6 Å². The maximum atomic E-state index is 13.6. The Morgan fingerprint density at radius 3 is 2.95 bits per heavy atom. The van der Waals surface area contributed by atoms with Gasteiger partial charge in [-0.25, -0.2) is 14.2 Å². The Kier molecular flexibility index (Phi) is 4.06. The number of ether oxygens (including phenoxy) is 1. The number of rotatable bonds is 3. The number of halogens is 2. The summed E-state index contributed by atoms with van der Waals surface area (Å²) in [5.74, 6) is -0.792. The number of hydrogen-bond acceptors (Lipinski definition) is 5. The smallest absolute Gasteiger partial charge is 0.358 e. The van der Waals surface area contributed by atoms with Gasteiger partial charge < -0.3 is 10.1 Å². The Balaban J connectivity index is 2.28. The van der Waals surface area contributed by atoms with Crippen LogP contribution in [0.3, 0.4) is 0 Å². The quantitative estimate of drug-likeness (QED) is 0.879. The minimum atomic E-state index is -0.606. The highest BCUT2D eigenvalue weighted by atomic mass is 79.9. The van der Waals surface area contributed by atoms with Gasteiger partial charge in [-0.15, -0.1) is 0 Å². The molecule has 0 fully saturated rings. The lowest BCUT2D eigenvalue weighted by atomic mass is 10.3. The second-order valence-electron chi connectivity index (χ2n) is 3.53. The fraction of sp³-hybridized carbons (Fsp3) is 0.0833. The van der Waals surface area contributed by atoms with Gasteiger partial charge in [-0.2, -0.15) is 0 Å². The first kappa shape index (κ1) is 13.4. The molecule has 5 nitrogen and oxygen atoms in total. The molecule has 0 spiro atoms. The zero-order valence-electron chi connectivity index (χ0n) is 9.85. The molecule has 0 aliphatic heterocycles. The largest absolute Gasteiger partial charge is 0.464 e. The summed E-state index contributed by atoms with van der Waals surface area (Å²) in [6.45, 7) is 0. The van der Waals surface area contributed by atoms with Crippen molar-refractivity contribution in [3.05, 3.63) is 46.6 Å². The van der Waals surface area contributed by atoms with Gasteiger partial charge in [-0.05, 0) is 18.2 Å². The Morgan fingerprint density at radius 1 is 1.42 bits per heavy atom. The van der Waals surface area contributed by atoms with Gasteiger partial charge in [0.1, 0.15) is 11.6 Å². The van der Waals surface area contributed by atoms with Crippen LogP contribution in [0.2, 0.25) is 0 Å². The third-order valence-corrected chi connectivity index (χ3v) is 2.71. The molecule has 0 aliphatic rings. The summed E-state index contributed by atoms with van der Waals surface area (Å²) >= 11 is 3.24. The zero-order chi connectivity index (χ0) is 13.8. The normalized spacial score (nSPS) is 10.1. The van der Waals surface area contributed by atoms with Gasteiger partial charge in [0.05, 0.1) is 25.2 Å². The fourth-order valence-electron chi connectivity index (χ4n) is 1.36. The Hall–Kier alpha value is -2.02. The lowest BCUT2D eigenvalue weighted by molar-refractivity contribution is 0.0593. The van der Waals surface area contributed by atoms with E-state index in [-0.39, 0.29) is 17.2 Å². The van der Waals surface area contributed by atoms with Crippen molar-refractivity contribution in [3.8, 4) is 0 Å². The first-order valence-electron chi connectivity index (χ1n) is 5.22. The monoisotopic (exact) mass is 325 g/mol. The van der Waals surface area contributed by atoms with E-state index in [1.54, 1.807) is 12.1 Å². The van der Waals surface area contributed by atoms with Crippen molar-refractivity contribution in [1.82, 2.24) is 9.97 Å². The maximum Gasteiger partial charge on any atom is 0.358 e. The molecule has 0 unspecified atom stereocenters. The molecule has 1 N–H and O–H groups in total. The summed E-state index contributed by atoms with van der Waals surface area (Å²) in [5, 5.41) is 2.75. The molecule has 98 valence electrons. The summed E-state index contributed by atoms with van der Waals surface area (Å²) in [7, 11) is 1.25. The topological polar surface area (TPSA) is 64.1 Å². The molecule has 2 rings (SSSR count). The number of anilines is 2. The maximum absolute atomic E-state index is 13.6. The van der Waals surface area contributed by atoms with Crippen LogP contribution in [0.1, 0.15) is 10.5 Å². The van der Waals surface area contributed by atoms with E-state index in [1.807, 2.05) is 0 Å². The number of esters is 1. The van der Waals surface area contributed by atoms with E-state index in [4.69, 9.17) is 0 Å². The van der Waals surface area contributed by atoms with Crippen LogP contribution in [0.15, 0.2) is 35.1 Å². The van der Waals surface area contributed by atoms with Crippen molar-refractivity contribution in [3.63, 3.8) is 0 Å². The van der Waals surface area contributed by atoms with Crippen LogP contribution in [-0.4, -0.2) is 23.0 Å². The highest BCUT2D eigenvalue weighted by Gasteiger charge is 2.10. The average Bonchev–Trinajstić information content (AvgIpc) is 2.42. The lowest BCUT2D eigenvalue weighted by Crippen LogP contribution is -2.07. The standard InChI is InChI=1S/C12H9BrFN3O2/c1-19-12(18)10-5-15-6-11(17-10)16-9-4-7(13)2-3-8(9)14/h2-6H,1H3,(H,16,17). The molecule has 1 aromatic heterocycles. The van der Waals surface area contributed by atoms with Gasteiger partial charge >= 0.3 is 5.97 Å². The van der Waals surface area contributed by atoms with Crippen molar-refractivity contribution in [1.29, 1.82) is 0 Å². The highest BCUT2D eigenvalue weighted by molar-refractivity contribution is 9.10. The van der Waals surface area contributed by atoms with Gasteiger partial charge in [-0.3, -0.25) is 4.98 Å². The molecule has 0 saturated heterocycles. The van der Waals surface area contributed by atoms with Crippen LogP contribution in [0.4, 0.5) is 15.9 Å². The van der Waals surface area contributed by atoms with Gasteiger partial charge in [0, 0.05) is 4.47 Å². The Morgan fingerprint density at radius 2 is 2.21 bits per heavy atom. The number of hydrogen-bond donors (Lipinski definition) is 1. The minimum absolute atomic E-state index is 0.0444. The first-order valence-corrected chi connectivity index (χ1v) is 6.02. The summed E-state index contributed by atoms with van der Waals surface area (Å²) in [6.07, 6.45) is 2.65. The van der Waals surface area contributed by atoms with Crippen LogP contribution < -0.4 is 5.32 Å². The molecule has 1 aromatic carbocycles. The van der Waals surface area contributed by atoms with Crippen LogP contribution in [0, 0.1) is 5.82 Å². The molecule has 0 amide bonds. The molecule has 7 heteroatoms. The summed E-state index contributed by atoms with van der Waals surface area (Å²) < 4.78 is 18.8. The molecule has 0 atom stereocenters. The first-order chi connectivity index (χ1) is 9.10. The van der Waals surface area contributed by atoms with Crippen LogP contribution in [-0.2, 0) is 4.74 Å². The number of benzene rings is 1. The molecular formula is C12H9BrFN3O2. The third-order valence-electron chi connectivity index (χ3n) is 2.22. The Labute approximate surface area is 117 Å². The number of aromatic nitrogens is 2. The van der Waals surface area contributed by atoms with Crippen molar-refractivity contribution < 1.29 is 13.9 Å². The molecule has 0 aliphatic carbocycles. The van der Waals surface area contributed by atoms with Crippen molar-refractivity contribution >= 4 is 33.4 Å². The van der Waals surface area contributed by atoms with Crippen molar-refractivity contribution in [2.45, 2.75) is 0 Å². The number of carbonyl (C=O) groups excluding carboxylic acids is 1. The predicted molar refractivity (Wildman–Crippen MR) is 70.8 cm³/mol. The van der Waals surface area contributed by atoms with E-state index < -0.39 is 11.8 Å². The molecule has 19 heavy (non-hydrogen) atoms. The van der Waals surface area contributed by atoms with Gasteiger partial charge in [-0.1, -0.05) is 15.9 Å². The molecule has 0 radical (unpaired) electrons. The van der Waals surface area contributed by atoms with Crippen LogP contribution in [0.25, 0.3) is 0 Å². The lowest BCUT2D eigenvalue weighted by Gasteiger charge is -2.07. The summed E-state index contributed by atoms with van der Waals surface area (Å²) in [5.41, 5.74) is 0.272. The van der Waals surface area contributed by atoms with Gasteiger partial charge in [0.25, 0.3) is 0 Å². The molecule has 0 bridgehead atoms. The fourth-order valence-corrected chi connectivity index (χ4v) is 1.72. The summed E-state index contributed by atoms with van der Waals surface area (Å²) in [4.78, 5) is 19.1. The third kappa shape index (κ3) is 3.25. The molecule has 0 saturated carbocycles. The van der Waals surface area contributed by atoms with E-state index >= 15 is 0 Å². The number of carbonyl (C=O) groups is 1. The second kappa shape index (κ2) is 5.75. The molecule has 2 aromatic rings. The predicted octanol–water partition coefficient (Wildman–Crippen LogP) is 2.91. The van der Waals surface area contributed by atoms with Crippen LogP contribution in [0.5, 0.6) is 0 Å². The zero-order valence-corrected chi connectivity index (χ0v) is 11.4. The SMILES string of the molecule is COC(=O)c1cncc(Nc2cc(Br)ccc2F)n1. The van der Waals surface area contributed by atoms with E-state index in [2.05, 4.69) is 36.0 Å². The molecular weight excluding hydrogens is 317 g/mol. The Bertz CT molecular complexity index is 622. The van der Waals surface area contributed by atoms with Gasteiger partial charge in [0.2, 0.25) is 0 Å². The van der Waals surface area contributed by atoms with E-state index in [0.29, 0.717) is 4.47 Å². The van der Waals surface area contributed by atoms with Crippen LogP contribution >= 0.6 is 15.9 Å². The van der Waals surface area contributed by atoms with Crippen molar-refractivity contribution in [2.75, 3.05) is 12.4 Å². The van der Waals surface area contributed by atoms with E-state index in [0.717, 1.165) is 0 Å². The summed E-state index contributed by atoms with van der Waals surface area (Å²) in [6, 6.07) is 4.45. The van der Waals surface area contributed by atoms with Crippen molar-refractivity contribution in [2.24, 2.45) is 0 Å². The minimum Gasteiger partial charge on any atom is -0.464 e. The highest BCUT2D eigenvalue weighted by Crippen LogP contribution is 2.22. The number of nitrogens with one attached hydrogen (secondary N) is 1. The van der Waals surface area contributed by atoms with E-state index in [9.17, 15) is 9.18 Å². The molecule has 1 heterocycles.